The molecule has 2 aliphatic heterocycles. The van der Waals surface area contributed by atoms with Crippen molar-refractivity contribution in [3.05, 3.63) is 57.0 Å². The molecule has 0 radical (unpaired) electrons. The first-order valence-corrected chi connectivity index (χ1v) is 11.2. The Kier molecular flexibility index (Phi) is 5.90. The van der Waals surface area contributed by atoms with E-state index in [1.54, 1.807) is 21.5 Å². The fourth-order valence-corrected chi connectivity index (χ4v) is 4.40. The average Bonchev–Trinajstić information content (AvgIpc) is 3.36. The predicted molar refractivity (Wildman–Crippen MR) is 117 cm³/mol. The molecule has 0 aliphatic carbocycles. The van der Waals surface area contributed by atoms with Gasteiger partial charge in [0.05, 0.1) is 25.5 Å². The molecule has 10 heteroatoms. The molecule has 0 aromatic carbocycles. The lowest BCUT2D eigenvalue weighted by atomic mass is 10.1. The number of ether oxygens (including phenoxy) is 1. The third-order valence-electron chi connectivity index (χ3n) is 6.22. The topological polar surface area (TPSA) is 94.5 Å². The van der Waals surface area contributed by atoms with E-state index < -0.39 is 0 Å². The number of nitrogens with zero attached hydrogens (tertiary/aromatic N) is 7. The van der Waals surface area contributed by atoms with Crippen LogP contribution in [0.1, 0.15) is 28.4 Å². The first kappa shape index (κ1) is 21.0. The second-order valence-corrected chi connectivity index (χ2v) is 8.54. The van der Waals surface area contributed by atoms with E-state index in [4.69, 9.17) is 9.26 Å². The van der Waals surface area contributed by atoms with Crippen molar-refractivity contribution in [3.63, 3.8) is 0 Å². The molecule has 10 nitrogen and oxygen atoms in total. The lowest BCUT2D eigenvalue weighted by Gasteiger charge is -2.34. The molecule has 1 saturated heterocycles. The number of fused-ring (bicyclic) bond motifs is 1. The first-order chi connectivity index (χ1) is 15.6. The van der Waals surface area contributed by atoms with Crippen molar-refractivity contribution in [1.29, 1.82) is 0 Å². The van der Waals surface area contributed by atoms with Crippen LogP contribution in [0.15, 0.2) is 27.5 Å². The number of aromatic nitrogens is 5. The predicted octanol–water partition coefficient (Wildman–Crippen LogP) is 0.924. The van der Waals surface area contributed by atoms with Crippen LogP contribution in [0, 0.1) is 13.8 Å². The van der Waals surface area contributed by atoms with E-state index in [1.165, 1.54) is 0 Å². The molecular formula is C22H29N7O3. The highest BCUT2D eigenvalue weighted by Crippen LogP contribution is 2.22. The van der Waals surface area contributed by atoms with Crippen molar-refractivity contribution in [2.45, 2.75) is 40.0 Å². The van der Waals surface area contributed by atoms with Crippen LogP contribution in [0.25, 0.3) is 5.82 Å². The smallest absolute Gasteiger partial charge is 0.266 e. The van der Waals surface area contributed by atoms with Gasteiger partial charge in [-0.1, -0.05) is 5.16 Å². The highest BCUT2D eigenvalue weighted by molar-refractivity contribution is 5.24. The van der Waals surface area contributed by atoms with Gasteiger partial charge in [0.25, 0.3) is 5.56 Å². The zero-order chi connectivity index (χ0) is 22.1. The third-order valence-corrected chi connectivity index (χ3v) is 6.22. The van der Waals surface area contributed by atoms with Gasteiger partial charge in [-0.25, -0.2) is 9.36 Å². The number of aryl methyl sites for hydroxylation is 2. The summed E-state index contributed by atoms with van der Waals surface area (Å²) < 4.78 is 14.4. The van der Waals surface area contributed by atoms with Crippen molar-refractivity contribution in [2.24, 2.45) is 0 Å². The Bertz CT molecular complexity index is 1140. The molecule has 170 valence electrons. The molecule has 0 unspecified atom stereocenters. The van der Waals surface area contributed by atoms with Crippen molar-refractivity contribution in [1.82, 2.24) is 34.5 Å². The lowest BCUT2D eigenvalue weighted by molar-refractivity contribution is 0.101. The van der Waals surface area contributed by atoms with Gasteiger partial charge < -0.3 is 9.26 Å². The SMILES string of the molecule is Cc1cc(C)n(-c2ccc(=O)n(CCN3CCN(Cc4noc5c4COCC5)CC3)n2)n1. The normalized spacial score (nSPS) is 17.6. The average molecular weight is 440 g/mol. The number of hydrogen-bond acceptors (Lipinski definition) is 8. The molecule has 1 fully saturated rings. The van der Waals surface area contributed by atoms with E-state index in [0.29, 0.717) is 25.6 Å². The molecule has 5 heterocycles. The van der Waals surface area contributed by atoms with Gasteiger partial charge in [0.1, 0.15) is 11.5 Å². The molecule has 0 atom stereocenters. The standard InChI is InChI=1S/C22H29N7O3/c1-16-13-17(2)29(23-16)21-3-4-22(30)28(24-21)11-10-26-6-8-27(9-7-26)14-19-18-15-31-12-5-20(18)32-25-19/h3-4,13H,5-12,14-15H2,1-2H3. The summed E-state index contributed by atoms with van der Waals surface area (Å²) in [5.74, 6) is 1.64. The van der Waals surface area contributed by atoms with E-state index >= 15 is 0 Å². The van der Waals surface area contributed by atoms with Crippen LogP contribution in [0.2, 0.25) is 0 Å². The zero-order valence-corrected chi connectivity index (χ0v) is 18.7. The number of rotatable bonds is 6. The molecule has 0 bridgehead atoms. The first-order valence-electron chi connectivity index (χ1n) is 11.2. The molecule has 3 aromatic rings. The highest BCUT2D eigenvalue weighted by atomic mass is 16.5. The number of piperazine rings is 1. The minimum absolute atomic E-state index is 0.0908. The molecule has 0 amide bonds. The Morgan fingerprint density at radius 2 is 1.84 bits per heavy atom. The molecule has 0 N–H and O–H groups in total. The summed E-state index contributed by atoms with van der Waals surface area (Å²) in [5.41, 5.74) is 3.97. The molecule has 32 heavy (non-hydrogen) atoms. The van der Waals surface area contributed by atoms with Gasteiger partial charge in [-0.3, -0.25) is 14.6 Å². The summed E-state index contributed by atoms with van der Waals surface area (Å²) in [7, 11) is 0. The quantitative estimate of drug-likeness (QED) is 0.560. The fourth-order valence-electron chi connectivity index (χ4n) is 4.40. The Balaban J connectivity index is 1.16. The van der Waals surface area contributed by atoms with E-state index in [9.17, 15) is 4.79 Å². The summed E-state index contributed by atoms with van der Waals surface area (Å²) in [4.78, 5) is 17.1. The maximum atomic E-state index is 12.3. The van der Waals surface area contributed by atoms with Crippen LogP contribution in [0.3, 0.4) is 0 Å². The summed E-state index contributed by atoms with van der Waals surface area (Å²) in [5, 5.41) is 13.3. The van der Waals surface area contributed by atoms with Gasteiger partial charge in [0.15, 0.2) is 5.82 Å². The van der Waals surface area contributed by atoms with Crippen LogP contribution in [-0.4, -0.2) is 73.8 Å². The summed E-state index contributed by atoms with van der Waals surface area (Å²) >= 11 is 0. The second kappa shape index (κ2) is 8.97. The van der Waals surface area contributed by atoms with Crippen molar-refractivity contribution in [2.75, 3.05) is 39.3 Å². The van der Waals surface area contributed by atoms with Gasteiger partial charge >= 0.3 is 0 Å². The molecule has 0 saturated carbocycles. The van der Waals surface area contributed by atoms with Gasteiger partial charge in [-0.2, -0.15) is 5.10 Å². The van der Waals surface area contributed by atoms with Crippen LogP contribution in [0.4, 0.5) is 0 Å². The molecular weight excluding hydrogens is 410 g/mol. The Morgan fingerprint density at radius 3 is 2.62 bits per heavy atom. The van der Waals surface area contributed by atoms with E-state index in [-0.39, 0.29) is 5.56 Å². The van der Waals surface area contributed by atoms with E-state index in [0.717, 1.165) is 74.1 Å². The monoisotopic (exact) mass is 439 g/mol. The summed E-state index contributed by atoms with van der Waals surface area (Å²) in [6.07, 6.45) is 0.810. The fraction of sp³-hybridized carbons (Fsp3) is 0.545. The van der Waals surface area contributed by atoms with Crippen LogP contribution < -0.4 is 5.56 Å². The number of hydrogen-bond donors (Lipinski definition) is 0. The zero-order valence-electron chi connectivity index (χ0n) is 18.7. The van der Waals surface area contributed by atoms with E-state index in [1.807, 2.05) is 19.9 Å². The Labute approximate surface area is 186 Å². The van der Waals surface area contributed by atoms with Gasteiger partial charge in [-0.15, -0.1) is 5.10 Å². The lowest BCUT2D eigenvalue weighted by Crippen LogP contribution is -2.47. The van der Waals surface area contributed by atoms with Crippen molar-refractivity contribution < 1.29 is 9.26 Å². The Hall–Kier alpha value is -2.82. The van der Waals surface area contributed by atoms with Crippen LogP contribution >= 0.6 is 0 Å². The largest absolute Gasteiger partial charge is 0.376 e. The minimum atomic E-state index is -0.0908. The van der Waals surface area contributed by atoms with Crippen molar-refractivity contribution >= 4 is 0 Å². The van der Waals surface area contributed by atoms with Gasteiger partial charge in [-0.05, 0) is 26.0 Å². The Morgan fingerprint density at radius 1 is 1.03 bits per heavy atom. The van der Waals surface area contributed by atoms with E-state index in [2.05, 4.69) is 25.2 Å². The third kappa shape index (κ3) is 4.38. The highest BCUT2D eigenvalue weighted by Gasteiger charge is 2.23. The maximum absolute atomic E-state index is 12.3. The second-order valence-electron chi connectivity index (χ2n) is 8.54. The molecule has 3 aromatic heterocycles. The summed E-state index contributed by atoms with van der Waals surface area (Å²) in [6.45, 7) is 11.2. The van der Waals surface area contributed by atoms with Gasteiger partial charge in [0, 0.05) is 63.0 Å². The van der Waals surface area contributed by atoms with Crippen molar-refractivity contribution in [3.8, 4) is 5.82 Å². The molecule has 0 spiro atoms. The minimum Gasteiger partial charge on any atom is -0.376 e. The molecule has 5 rings (SSSR count). The van der Waals surface area contributed by atoms with Crippen LogP contribution in [0.5, 0.6) is 0 Å². The maximum Gasteiger partial charge on any atom is 0.266 e. The summed E-state index contributed by atoms with van der Waals surface area (Å²) in [6, 6.07) is 5.29. The van der Waals surface area contributed by atoms with Crippen LogP contribution in [-0.2, 0) is 30.9 Å². The van der Waals surface area contributed by atoms with Gasteiger partial charge in [0.2, 0.25) is 0 Å². The molecule has 2 aliphatic rings.